The van der Waals surface area contributed by atoms with E-state index < -0.39 is 6.10 Å². The van der Waals surface area contributed by atoms with E-state index in [1.165, 1.54) is 212 Å². The van der Waals surface area contributed by atoms with Crippen LogP contribution in [-0.4, -0.2) is 37.2 Å². The molecule has 0 aliphatic carbocycles. The second-order valence-corrected chi connectivity index (χ2v) is 23.4. The van der Waals surface area contributed by atoms with E-state index in [1.54, 1.807) is 0 Å². The van der Waals surface area contributed by atoms with Crippen molar-refractivity contribution in [2.24, 2.45) is 0 Å². The van der Waals surface area contributed by atoms with Gasteiger partial charge in [0, 0.05) is 19.3 Å². The normalized spacial score (nSPS) is 12.6. The Labute approximate surface area is 503 Å². The van der Waals surface area contributed by atoms with Gasteiger partial charge in [-0.1, -0.05) is 324 Å². The van der Waals surface area contributed by atoms with Crippen molar-refractivity contribution in [2.45, 2.75) is 361 Å². The molecule has 0 radical (unpaired) electrons. The minimum absolute atomic E-state index is 0.0939. The van der Waals surface area contributed by atoms with E-state index >= 15 is 0 Å². The molecule has 0 aliphatic heterocycles. The predicted molar refractivity (Wildman–Crippen MR) is 353 cm³/mol. The average Bonchev–Trinajstić information content (AvgIpc) is 3.47. The van der Waals surface area contributed by atoms with Crippen molar-refractivity contribution in [2.75, 3.05) is 13.2 Å². The zero-order chi connectivity index (χ0) is 58.5. The maximum atomic E-state index is 12.9. The van der Waals surface area contributed by atoms with Gasteiger partial charge >= 0.3 is 17.9 Å². The molecule has 0 N–H and O–H groups in total. The first-order chi connectivity index (χ1) is 40.0. The molecule has 1 atom stereocenters. The molecule has 0 aromatic heterocycles. The fourth-order valence-corrected chi connectivity index (χ4v) is 10.2. The summed E-state index contributed by atoms with van der Waals surface area (Å²) in [4.78, 5) is 38.4. The summed E-state index contributed by atoms with van der Waals surface area (Å²) in [5.74, 6) is -0.928. The molecule has 0 bridgehead atoms. The Morgan fingerprint density at radius 2 is 0.481 bits per heavy atom. The minimum atomic E-state index is -0.804. The molecule has 0 rings (SSSR count). The lowest BCUT2D eigenvalue weighted by atomic mass is 10.0. The van der Waals surface area contributed by atoms with Crippen LogP contribution < -0.4 is 0 Å². The van der Waals surface area contributed by atoms with Crippen LogP contribution in [0.15, 0.2) is 85.1 Å². The Kier molecular flexibility index (Phi) is 66.2. The topological polar surface area (TPSA) is 78.9 Å². The van der Waals surface area contributed by atoms with Gasteiger partial charge in [-0.15, -0.1) is 0 Å². The van der Waals surface area contributed by atoms with Gasteiger partial charge in [0.1, 0.15) is 13.2 Å². The van der Waals surface area contributed by atoms with Crippen LogP contribution in [-0.2, 0) is 28.6 Å². The number of carbonyl (C=O) groups is 3. The molecule has 6 heteroatoms. The number of rotatable bonds is 64. The van der Waals surface area contributed by atoms with Gasteiger partial charge in [0.05, 0.1) is 0 Å². The van der Waals surface area contributed by atoms with Crippen LogP contribution in [0.1, 0.15) is 355 Å². The molecule has 1 unspecified atom stereocenters. The number of unbranched alkanes of at least 4 members (excludes halogenated alkanes) is 39. The van der Waals surface area contributed by atoms with Crippen molar-refractivity contribution in [3.05, 3.63) is 85.1 Å². The number of hydrogen-bond donors (Lipinski definition) is 0. The molecule has 0 amide bonds. The third kappa shape index (κ3) is 67.3. The molecule has 0 aromatic rings. The first kappa shape index (κ1) is 77.6. The van der Waals surface area contributed by atoms with E-state index in [2.05, 4.69) is 106 Å². The van der Waals surface area contributed by atoms with Gasteiger partial charge in [-0.05, 0) is 96.3 Å². The Bertz CT molecular complexity index is 1530. The zero-order valence-electron chi connectivity index (χ0n) is 53.8. The highest BCUT2D eigenvalue weighted by Gasteiger charge is 2.19. The fourth-order valence-electron chi connectivity index (χ4n) is 10.2. The van der Waals surface area contributed by atoms with Crippen molar-refractivity contribution < 1.29 is 28.6 Å². The Morgan fingerprint density at radius 1 is 0.259 bits per heavy atom. The number of hydrogen-bond acceptors (Lipinski definition) is 6. The first-order valence-corrected chi connectivity index (χ1v) is 35.1. The van der Waals surface area contributed by atoms with Crippen molar-refractivity contribution in [3.8, 4) is 0 Å². The SMILES string of the molecule is CC/C=C\C/C=C\C/C=C\C/C=C\C/C=C\C/C=C\CCCCC(=O)OC(COC(=O)CCCCCCC/C=C\CCCCCCCCC)COC(=O)CCCCCCCCCCCCCCCCCCCCCCCCCCCC. The van der Waals surface area contributed by atoms with E-state index in [0.29, 0.717) is 19.3 Å². The van der Waals surface area contributed by atoms with Gasteiger partial charge in [0.2, 0.25) is 0 Å². The van der Waals surface area contributed by atoms with Crippen LogP contribution in [0, 0.1) is 0 Å². The predicted octanol–water partition coefficient (Wildman–Crippen LogP) is 24.2. The van der Waals surface area contributed by atoms with E-state index in [0.717, 1.165) is 96.3 Å². The first-order valence-electron chi connectivity index (χ1n) is 35.1. The quantitative estimate of drug-likeness (QED) is 0.0261. The maximum absolute atomic E-state index is 12.9. The Morgan fingerprint density at radius 3 is 0.790 bits per heavy atom. The molecule has 0 saturated heterocycles. The maximum Gasteiger partial charge on any atom is 0.306 e. The smallest absolute Gasteiger partial charge is 0.306 e. The Balaban J connectivity index is 4.37. The van der Waals surface area contributed by atoms with Gasteiger partial charge in [0.25, 0.3) is 0 Å². The summed E-state index contributed by atoms with van der Waals surface area (Å²) in [7, 11) is 0. The standard InChI is InChI=1S/C75H132O6/c1-4-7-10-13-16-19-22-25-28-31-33-35-36-37-38-39-41-42-44-47-50-53-56-59-62-65-68-74(77)80-71-72(70-79-73(76)67-64-61-58-55-52-49-46-30-27-24-21-18-15-12-9-6-3)81-75(78)69-66-63-60-57-54-51-48-45-43-40-34-32-29-26-23-20-17-14-11-8-5-2/h8,11,17,20,26,29-30,34,40,45-46,48,54,57,72H,4-7,9-10,12-16,18-19,21-25,27-28,31-33,35-39,41-44,47,49-53,55-56,58-71H2,1-3H3/b11-8-,20-17-,29-26-,40-34-,46-30-,48-45-,57-54-. The summed E-state index contributed by atoms with van der Waals surface area (Å²) in [6, 6.07) is 0. The monoisotopic (exact) mass is 1130 g/mol. The minimum Gasteiger partial charge on any atom is -0.462 e. The lowest BCUT2D eigenvalue weighted by Gasteiger charge is -2.18. The largest absolute Gasteiger partial charge is 0.462 e. The van der Waals surface area contributed by atoms with Gasteiger partial charge in [-0.3, -0.25) is 14.4 Å². The van der Waals surface area contributed by atoms with E-state index in [4.69, 9.17) is 14.2 Å². The highest BCUT2D eigenvalue weighted by molar-refractivity contribution is 5.71. The van der Waals surface area contributed by atoms with Crippen LogP contribution in [0.3, 0.4) is 0 Å². The van der Waals surface area contributed by atoms with Crippen LogP contribution >= 0.6 is 0 Å². The van der Waals surface area contributed by atoms with Crippen LogP contribution in [0.4, 0.5) is 0 Å². The number of ether oxygens (including phenoxy) is 3. The molecule has 0 heterocycles. The molecular weight excluding hydrogens is 997 g/mol. The van der Waals surface area contributed by atoms with Crippen LogP contribution in [0.2, 0.25) is 0 Å². The third-order valence-electron chi connectivity index (χ3n) is 15.4. The van der Waals surface area contributed by atoms with Gasteiger partial charge in [-0.2, -0.15) is 0 Å². The highest BCUT2D eigenvalue weighted by atomic mass is 16.6. The molecule has 6 nitrogen and oxygen atoms in total. The van der Waals surface area contributed by atoms with Crippen molar-refractivity contribution >= 4 is 17.9 Å². The van der Waals surface area contributed by atoms with E-state index in [1.807, 2.05) is 0 Å². The summed E-state index contributed by atoms with van der Waals surface area (Å²) in [6.07, 6.45) is 91.9. The molecule has 0 aromatic carbocycles. The van der Waals surface area contributed by atoms with Gasteiger partial charge < -0.3 is 14.2 Å². The van der Waals surface area contributed by atoms with Gasteiger partial charge in [-0.25, -0.2) is 0 Å². The highest BCUT2D eigenvalue weighted by Crippen LogP contribution is 2.18. The second-order valence-electron chi connectivity index (χ2n) is 23.4. The number of carbonyl (C=O) groups excluding carboxylic acids is 3. The Hall–Kier alpha value is -3.41. The summed E-state index contributed by atoms with van der Waals surface area (Å²) < 4.78 is 16.9. The van der Waals surface area contributed by atoms with E-state index in [-0.39, 0.29) is 37.5 Å². The lowest BCUT2D eigenvalue weighted by molar-refractivity contribution is -0.167. The second kappa shape index (κ2) is 69.1. The molecule has 0 aliphatic rings. The van der Waals surface area contributed by atoms with Crippen LogP contribution in [0.5, 0.6) is 0 Å². The van der Waals surface area contributed by atoms with Crippen LogP contribution in [0.25, 0.3) is 0 Å². The molecule has 81 heavy (non-hydrogen) atoms. The van der Waals surface area contributed by atoms with Crippen molar-refractivity contribution in [3.63, 3.8) is 0 Å². The summed E-state index contributed by atoms with van der Waals surface area (Å²) in [5.41, 5.74) is 0. The summed E-state index contributed by atoms with van der Waals surface area (Å²) in [5, 5.41) is 0. The average molecular weight is 1130 g/mol. The lowest BCUT2D eigenvalue weighted by Crippen LogP contribution is -2.30. The molecule has 0 spiro atoms. The molecule has 0 fully saturated rings. The molecular formula is C75H132O6. The van der Waals surface area contributed by atoms with Crippen molar-refractivity contribution in [1.82, 2.24) is 0 Å². The number of esters is 3. The number of allylic oxidation sites excluding steroid dienone is 14. The van der Waals surface area contributed by atoms with Gasteiger partial charge in [0.15, 0.2) is 6.10 Å². The van der Waals surface area contributed by atoms with Crippen molar-refractivity contribution in [1.29, 1.82) is 0 Å². The molecule has 468 valence electrons. The zero-order valence-corrected chi connectivity index (χ0v) is 53.8. The summed E-state index contributed by atoms with van der Waals surface area (Å²) >= 11 is 0. The third-order valence-corrected chi connectivity index (χ3v) is 15.4. The molecule has 0 saturated carbocycles. The fraction of sp³-hybridized carbons (Fsp3) is 0.773. The van der Waals surface area contributed by atoms with E-state index in [9.17, 15) is 14.4 Å². The summed E-state index contributed by atoms with van der Waals surface area (Å²) in [6.45, 7) is 6.53.